The molecule has 0 aliphatic heterocycles. The lowest BCUT2D eigenvalue weighted by Crippen LogP contribution is -2.44. The van der Waals surface area contributed by atoms with Crippen molar-refractivity contribution in [1.29, 1.82) is 0 Å². The van der Waals surface area contributed by atoms with Crippen molar-refractivity contribution in [1.82, 2.24) is 9.71 Å². The maximum atomic E-state index is 12.9. The Morgan fingerprint density at radius 3 is 2.57 bits per heavy atom. The van der Waals surface area contributed by atoms with E-state index in [1.165, 1.54) is 6.07 Å². The van der Waals surface area contributed by atoms with E-state index in [1.54, 1.807) is 48.7 Å². The zero-order chi connectivity index (χ0) is 19.9. The normalized spacial score (nSPS) is 21.4. The van der Waals surface area contributed by atoms with Crippen LogP contribution in [-0.4, -0.2) is 30.0 Å². The predicted molar refractivity (Wildman–Crippen MR) is 107 cm³/mol. The van der Waals surface area contributed by atoms with Gasteiger partial charge in [0.25, 0.3) is 10.0 Å². The number of hydrogen-bond acceptors (Lipinski definition) is 5. The van der Waals surface area contributed by atoms with E-state index in [2.05, 4.69) is 9.71 Å². The second kappa shape index (κ2) is 6.97. The number of benzene rings is 1. The van der Waals surface area contributed by atoms with E-state index in [9.17, 15) is 18.3 Å². The van der Waals surface area contributed by atoms with E-state index in [0.29, 0.717) is 10.0 Å². The van der Waals surface area contributed by atoms with Gasteiger partial charge in [-0.05, 0) is 36.2 Å². The number of sulfonamides is 1. The number of carbonyl (C=O) groups is 1. The fourth-order valence-electron chi connectivity index (χ4n) is 3.17. The topological polar surface area (TPSA) is 96.4 Å². The highest BCUT2D eigenvalue weighted by molar-refractivity contribution is 7.91. The number of carboxylic acid groups (broad SMARTS) is 1. The molecular formula is C19H15ClN2O4S2. The molecule has 1 aliphatic carbocycles. The molecule has 9 heteroatoms. The zero-order valence-corrected chi connectivity index (χ0v) is 16.8. The van der Waals surface area contributed by atoms with Gasteiger partial charge in [-0.15, -0.1) is 11.3 Å². The van der Waals surface area contributed by atoms with Crippen LogP contribution in [0.5, 0.6) is 0 Å². The molecule has 2 N–H and O–H groups in total. The SMILES string of the molecule is O=C(O)[C@]1(NS(=O)(=O)c2ccc(-c3ccc(Cl)nc3)s2)C[C@H]1c1ccccc1. The van der Waals surface area contributed by atoms with E-state index in [0.717, 1.165) is 22.5 Å². The van der Waals surface area contributed by atoms with Gasteiger partial charge < -0.3 is 5.11 Å². The van der Waals surface area contributed by atoms with Gasteiger partial charge in [0.05, 0.1) is 0 Å². The Morgan fingerprint density at radius 1 is 1.18 bits per heavy atom. The summed E-state index contributed by atoms with van der Waals surface area (Å²) in [7, 11) is -4.00. The van der Waals surface area contributed by atoms with Crippen LogP contribution < -0.4 is 4.72 Å². The van der Waals surface area contributed by atoms with Crippen LogP contribution in [0.25, 0.3) is 10.4 Å². The molecule has 0 spiro atoms. The van der Waals surface area contributed by atoms with Crippen LogP contribution in [0.15, 0.2) is 65.0 Å². The molecule has 1 saturated carbocycles. The molecule has 2 atom stereocenters. The van der Waals surface area contributed by atoms with E-state index in [4.69, 9.17) is 11.6 Å². The number of carboxylic acids is 1. The lowest BCUT2D eigenvalue weighted by Gasteiger charge is -2.14. The van der Waals surface area contributed by atoms with E-state index in [1.807, 2.05) is 6.07 Å². The summed E-state index contributed by atoms with van der Waals surface area (Å²) >= 11 is 6.83. The predicted octanol–water partition coefficient (Wildman–Crippen LogP) is 3.75. The first kappa shape index (κ1) is 19.1. The average molecular weight is 435 g/mol. The number of hydrogen-bond donors (Lipinski definition) is 2. The quantitative estimate of drug-likeness (QED) is 0.576. The number of thiophene rings is 1. The number of nitrogens with one attached hydrogen (secondary N) is 1. The Labute approximate surface area is 170 Å². The highest BCUT2D eigenvalue weighted by atomic mass is 35.5. The van der Waals surface area contributed by atoms with Gasteiger partial charge >= 0.3 is 5.97 Å². The van der Waals surface area contributed by atoms with Crippen molar-refractivity contribution >= 4 is 38.9 Å². The Morgan fingerprint density at radius 2 is 1.93 bits per heavy atom. The van der Waals surface area contributed by atoms with Gasteiger partial charge in [0.15, 0.2) is 0 Å². The lowest BCUT2D eigenvalue weighted by atomic mass is 10.1. The minimum atomic E-state index is -4.00. The number of rotatable bonds is 6. The van der Waals surface area contributed by atoms with Crippen LogP contribution in [0.3, 0.4) is 0 Å². The summed E-state index contributed by atoms with van der Waals surface area (Å²) in [5.74, 6) is -1.58. The summed E-state index contributed by atoms with van der Waals surface area (Å²) in [5.41, 5.74) is 0.00991. The van der Waals surface area contributed by atoms with Crippen LogP contribution in [0.2, 0.25) is 5.15 Å². The van der Waals surface area contributed by atoms with E-state index >= 15 is 0 Å². The largest absolute Gasteiger partial charge is 0.480 e. The Bertz CT molecular complexity index is 1130. The maximum absolute atomic E-state index is 12.9. The first-order valence-electron chi connectivity index (χ1n) is 8.36. The summed E-state index contributed by atoms with van der Waals surface area (Å²) in [5, 5.41) is 10.1. The molecule has 1 aliphatic rings. The molecular weight excluding hydrogens is 420 g/mol. The molecule has 28 heavy (non-hydrogen) atoms. The summed E-state index contributed by atoms with van der Waals surface area (Å²) in [6, 6.07) is 15.6. The number of aliphatic carboxylic acids is 1. The molecule has 0 radical (unpaired) electrons. The number of halogens is 1. The lowest BCUT2D eigenvalue weighted by molar-refractivity contribution is -0.140. The highest BCUT2D eigenvalue weighted by Crippen LogP contribution is 2.52. The van der Waals surface area contributed by atoms with Crippen LogP contribution in [0.1, 0.15) is 17.9 Å². The summed E-state index contributed by atoms with van der Waals surface area (Å²) < 4.78 is 28.2. The van der Waals surface area contributed by atoms with Gasteiger partial charge in [-0.2, -0.15) is 4.72 Å². The van der Waals surface area contributed by atoms with Crippen LogP contribution >= 0.6 is 22.9 Å². The van der Waals surface area contributed by atoms with Crippen LogP contribution in [-0.2, 0) is 14.8 Å². The van der Waals surface area contributed by atoms with Gasteiger partial charge in [0.1, 0.15) is 14.9 Å². The standard InChI is InChI=1S/C19H15ClN2O4S2/c20-16-8-6-13(11-21-16)15-7-9-17(27-15)28(25,26)22-19(18(23)24)10-14(19)12-4-2-1-3-5-12/h1-9,11,14,22H,10H2,(H,23,24)/t14-,19-/m0/s1. The molecule has 1 aromatic carbocycles. The second-order valence-corrected chi connectivity index (χ2v) is 9.92. The molecule has 0 bridgehead atoms. The van der Waals surface area contributed by atoms with Crippen molar-refractivity contribution in [2.24, 2.45) is 0 Å². The summed E-state index contributed by atoms with van der Waals surface area (Å²) in [6.07, 6.45) is 1.77. The molecule has 144 valence electrons. The van der Waals surface area contributed by atoms with Gasteiger partial charge in [0, 0.05) is 22.6 Å². The minimum absolute atomic E-state index is 0.0526. The Hall–Kier alpha value is -2.26. The number of pyridine rings is 1. The highest BCUT2D eigenvalue weighted by Gasteiger charge is 2.63. The van der Waals surface area contributed by atoms with Gasteiger partial charge in [-0.25, -0.2) is 13.4 Å². The third kappa shape index (κ3) is 3.44. The third-order valence-corrected chi connectivity index (χ3v) is 8.08. The van der Waals surface area contributed by atoms with Crippen LogP contribution in [0, 0.1) is 0 Å². The van der Waals surface area contributed by atoms with E-state index in [-0.39, 0.29) is 10.6 Å². The third-order valence-electron chi connectivity index (χ3n) is 4.72. The molecule has 0 unspecified atom stereocenters. The molecule has 1 fully saturated rings. The molecule has 3 aromatic rings. The van der Waals surface area contributed by atoms with Crippen molar-refractivity contribution < 1.29 is 18.3 Å². The molecule has 2 heterocycles. The first-order valence-corrected chi connectivity index (χ1v) is 11.0. The van der Waals surface area contributed by atoms with Crippen molar-refractivity contribution in [3.63, 3.8) is 0 Å². The van der Waals surface area contributed by atoms with Crippen molar-refractivity contribution in [3.05, 3.63) is 71.5 Å². The van der Waals surface area contributed by atoms with Crippen LogP contribution in [0.4, 0.5) is 0 Å². The molecule has 0 amide bonds. The zero-order valence-electron chi connectivity index (χ0n) is 14.4. The molecule has 4 rings (SSSR count). The van der Waals surface area contributed by atoms with Crippen molar-refractivity contribution in [3.8, 4) is 10.4 Å². The molecule has 2 aromatic heterocycles. The molecule has 0 saturated heterocycles. The number of nitrogens with zero attached hydrogens (tertiary/aromatic N) is 1. The van der Waals surface area contributed by atoms with Gasteiger partial charge in [-0.3, -0.25) is 4.79 Å². The fraction of sp³-hybridized carbons (Fsp3) is 0.158. The maximum Gasteiger partial charge on any atom is 0.325 e. The van der Waals surface area contributed by atoms with Crippen molar-refractivity contribution in [2.45, 2.75) is 22.1 Å². The van der Waals surface area contributed by atoms with Gasteiger partial charge in [0.2, 0.25) is 0 Å². The summed E-state index contributed by atoms with van der Waals surface area (Å²) in [6.45, 7) is 0. The Balaban J connectivity index is 1.60. The second-order valence-electron chi connectivity index (χ2n) is 6.54. The number of aromatic nitrogens is 1. The summed E-state index contributed by atoms with van der Waals surface area (Å²) in [4.78, 5) is 16.6. The van der Waals surface area contributed by atoms with E-state index < -0.39 is 27.4 Å². The fourth-order valence-corrected chi connectivity index (χ4v) is 5.99. The first-order chi connectivity index (χ1) is 13.3. The van der Waals surface area contributed by atoms with Gasteiger partial charge in [-0.1, -0.05) is 41.9 Å². The smallest absolute Gasteiger partial charge is 0.325 e. The monoisotopic (exact) mass is 434 g/mol. The average Bonchev–Trinajstić information content (AvgIpc) is 3.17. The Kier molecular flexibility index (Phi) is 4.75. The van der Waals surface area contributed by atoms with Crippen molar-refractivity contribution in [2.75, 3.05) is 0 Å². The minimum Gasteiger partial charge on any atom is -0.480 e. The molecule has 6 nitrogen and oxygen atoms in total.